The van der Waals surface area contributed by atoms with Gasteiger partial charge < -0.3 is 0 Å². The van der Waals surface area contributed by atoms with Crippen LogP contribution in [0.2, 0.25) is 0 Å². The molecule has 1 aromatic carbocycles. The summed E-state index contributed by atoms with van der Waals surface area (Å²) in [6, 6.07) is 8.27. The first-order chi connectivity index (χ1) is 10.2. The van der Waals surface area contributed by atoms with Crippen molar-refractivity contribution in [3.05, 3.63) is 35.4 Å². The zero-order valence-electron chi connectivity index (χ0n) is 12.7. The molecule has 1 saturated heterocycles. The normalized spacial score (nSPS) is 21.3. The SMILES string of the molecule is CS(=O)(=O)CCS(=O)(=O)N1CCC2(Cc3ccccc3C2)C1. The third-order valence-corrected chi connectivity index (χ3v) is 7.78. The van der Waals surface area contributed by atoms with E-state index >= 15 is 0 Å². The fourth-order valence-corrected chi connectivity index (χ4v) is 6.73. The molecule has 2 aliphatic rings. The van der Waals surface area contributed by atoms with Gasteiger partial charge in [-0.1, -0.05) is 24.3 Å². The predicted octanol–water partition coefficient (Wildman–Crippen LogP) is 0.852. The molecule has 7 heteroatoms. The molecular formula is C15H21NO4S2. The number of sulfone groups is 1. The number of rotatable bonds is 4. The molecule has 0 atom stereocenters. The zero-order chi connectivity index (χ0) is 16.0. The third-order valence-electron chi connectivity index (χ3n) is 4.76. The maximum absolute atomic E-state index is 12.4. The van der Waals surface area contributed by atoms with Gasteiger partial charge in [-0.05, 0) is 35.8 Å². The number of nitrogens with zero attached hydrogens (tertiary/aromatic N) is 1. The van der Waals surface area contributed by atoms with Crippen molar-refractivity contribution in [2.24, 2.45) is 5.41 Å². The van der Waals surface area contributed by atoms with E-state index in [1.165, 1.54) is 15.4 Å². The van der Waals surface area contributed by atoms with E-state index in [9.17, 15) is 16.8 Å². The van der Waals surface area contributed by atoms with Crippen molar-refractivity contribution >= 4 is 19.9 Å². The second-order valence-corrected chi connectivity index (χ2v) is 11.0. The molecule has 0 N–H and O–H groups in total. The number of fused-ring (bicyclic) bond motifs is 1. The molecule has 22 heavy (non-hydrogen) atoms. The molecule has 0 unspecified atom stereocenters. The quantitative estimate of drug-likeness (QED) is 0.813. The summed E-state index contributed by atoms with van der Waals surface area (Å²) in [5.74, 6) is -0.617. The van der Waals surface area contributed by atoms with Crippen LogP contribution in [0, 0.1) is 5.41 Å². The van der Waals surface area contributed by atoms with Crippen molar-refractivity contribution in [3.63, 3.8) is 0 Å². The Morgan fingerprint density at radius 2 is 1.64 bits per heavy atom. The van der Waals surface area contributed by atoms with E-state index in [2.05, 4.69) is 12.1 Å². The van der Waals surface area contributed by atoms with Gasteiger partial charge in [0.1, 0.15) is 9.84 Å². The minimum absolute atomic E-state index is 0.00183. The Bertz CT molecular complexity index is 759. The van der Waals surface area contributed by atoms with Crippen molar-refractivity contribution in [2.45, 2.75) is 19.3 Å². The highest BCUT2D eigenvalue weighted by Crippen LogP contribution is 2.44. The lowest BCUT2D eigenvalue weighted by molar-refractivity contribution is 0.321. The molecule has 122 valence electrons. The van der Waals surface area contributed by atoms with Gasteiger partial charge in [0.2, 0.25) is 10.0 Å². The number of hydrogen-bond donors (Lipinski definition) is 0. The van der Waals surface area contributed by atoms with E-state index in [0.29, 0.717) is 13.1 Å². The molecule has 1 fully saturated rings. The maximum atomic E-state index is 12.4. The van der Waals surface area contributed by atoms with Crippen LogP contribution in [0.1, 0.15) is 17.5 Å². The summed E-state index contributed by atoms with van der Waals surface area (Å²) in [6.45, 7) is 1.01. The Morgan fingerprint density at radius 1 is 1.05 bits per heavy atom. The summed E-state index contributed by atoms with van der Waals surface area (Å²) < 4.78 is 48.6. The number of sulfonamides is 1. The van der Waals surface area contributed by atoms with Crippen LogP contribution in [0.5, 0.6) is 0 Å². The fraction of sp³-hybridized carbons (Fsp3) is 0.600. The van der Waals surface area contributed by atoms with Crippen molar-refractivity contribution in [1.29, 1.82) is 0 Å². The molecule has 1 aliphatic carbocycles. The molecule has 5 nitrogen and oxygen atoms in total. The van der Waals surface area contributed by atoms with Crippen LogP contribution in [-0.2, 0) is 32.7 Å². The largest absolute Gasteiger partial charge is 0.229 e. The lowest BCUT2D eigenvalue weighted by Crippen LogP contribution is -2.35. The Hall–Kier alpha value is -0.920. The van der Waals surface area contributed by atoms with Crippen LogP contribution < -0.4 is 0 Å². The van der Waals surface area contributed by atoms with Crippen LogP contribution in [0.15, 0.2) is 24.3 Å². The Morgan fingerprint density at radius 3 is 2.18 bits per heavy atom. The standard InChI is InChI=1S/C15H21NO4S2/c1-21(17,18)8-9-22(19,20)16-7-6-15(12-16)10-13-4-2-3-5-14(13)11-15/h2-5H,6-12H2,1H3. The lowest BCUT2D eigenvalue weighted by atomic mass is 9.84. The zero-order valence-corrected chi connectivity index (χ0v) is 14.3. The van der Waals surface area contributed by atoms with Crippen molar-refractivity contribution in [2.75, 3.05) is 30.9 Å². The van der Waals surface area contributed by atoms with Gasteiger partial charge in [-0.3, -0.25) is 0 Å². The molecule has 1 spiro atoms. The second kappa shape index (κ2) is 5.32. The molecule has 0 aromatic heterocycles. The van der Waals surface area contributed by atoms with Crippen molar-refractivity contribution in [3.8, 4) is 0 Å². The highest BCUT2D eigenvalue weighted by Gasteiger charge is 2.45. The molecule has 0 amide bonds. The smallest absolute Gasteiger partial charge is 0.215 e. The minimum atomic E-state index is -3.49. The van der Waals surface area contributed by atoms with Gasteiger partial charge in [-0.15, -0.1) is 0 Å². The minimum Gasteiger partial charge on any atom is -0.229 e. The maximum Gasteiger partial charge on any atom is 0.215 e. The fourth-order valence-electron chi connectivity index (χ4n) is 3.58. The van der Waals surface area contributed by atoms with E-state index in [1.54, 1.807) is 0 Å². The van der Waals surface area contributed by atoms with Crippen molar-refractivity contribution < 1.29 is 16.8 Å². The lowest BCUT2D eigenvalue weighted by Gasteiger charge is -2.23. The summed E-state index contributed by atoms with van der Waals surface area (Å²) >= 11 is 0. The molecular weight excluding hydrogens is 322 g/mol. The topological polar surface area (TPSA) is 71.5 Å². The number of benzene rings is 1. The van der Waals surface area contributed by atoms with Gasteiger partial charge in [0.05, 0.1) is 11.5 Å². The molecule has 3 rings (SSSR count). The van der Waals surface area contributed by atoms with E-state index < -0.39 is 19.9 Å². The van der Waals surface area contributed by atoms with Crippen LogP contribution in [0.3, 0.4) is 0 Å². The second-order valence-electron chi connectivity index (χ2n) is 6.65. The van der Waals surface area contributed by atoms with Gasteiger partial charge in [0.25, 0.3) is 0 Å². The third kappa shape index (κ3) is 3.21. The molecule has 1 heterocycles. The van der Waals surface area contributed by atoms with E-state index in [-0.39, 0.29) is 16.9 Å². The first kappa shape index (κ1) is 16.0. The van der Waals surface area contributed by atoms with E-state index in [0.717, 1.165) is 25.5 Å². The molecule has 0 bridgehead atoms. The van der Waals surface area contributed by atoms with Gasteiger partial charge in [0, 0.05) is 19.3 Å². The van der Waals surface area contributed by atoms with E-state index in [1.807, 2.05) is 12.1 Å². The van der Waals surface area contributed by atoms with Gasteiger partial charge in [-0.2, -0.15) is 0 Å². The summed E-state index contributed by atoms with van der Waals surface area (Å²) in [5, 5.41) is 0. The van der Waals surface area contributed by atoms with Crippen LogP contribution in [0.25, 0.3) is 0 Å². The Balaban J connectivity index is 1.71. The summed E-state index contributed by atoms with van der Waals surface area (Å²) in [7, 11) is -6.75. The number of hydrogen-bond acceptors (Lipinski definition) is 4. The van der Waals surface area contributed by atoms with Crippen LogP contribution in [0.4, 0.5) is 0 Å². The molecule has 1 aliphatic heterocycles. The first-order valence-electron chi connectivity index (χ1n) is 7.42. The summed E-state index contributed by atoms with van der Waals surface area (Å²) in [5.41, 5.74) is 2.64. The van der Waals surface area contributed by atoms with Gasteiger partial charge in [0.15, 0.2) is 0 Å². The monoisotopic (exact) mass is 343 g/mol. The van der Waals surface area contributed by atoms with E-state index in [4.69, 9.17) is 0 Å². The average molecular weight is 343 g/mol. The molecule has 0 saturated carbocycles. The average Bonchev–Trinajstić information content (AvgIpc) is 3.00. The Labute approximate surface area is 132 Å². The molecule has 0 radical (unpaired) electrons. The van der Waals surface area contributed by atoms with Crippen LogP contribution in [-0.4, -0.2) is 52.0 Å². The molecule has 1 aromatic rings. The van der Waals surface area contributed by atoms with Crippen molar-refractivity contribution in [1.82, 2.24) is 4.31 Å². The summed E-state index contributed by atoms with van der Waals surface area (Å²) in [6.07, 6.45) is 3.75. The van der Waals surface area contributed by atoms with Gasteiger partial charge >= 0.3 is 0 Å². The predicted molar refractivity (Wildman–Crippen MR) is 86.0 cm³/mol. The van der Waals surface area contributed by atoms with Gasteiger partial charge in [-0.25, -0.2) is 21.1 Å². The van der Waals surface area contributed by atoms with Crippen LogP contribution >= 0.6 is 0 Å². The first-order valence-corrected chi connectivity index (χ1v) is 11.1. The highest BCUT2D eigenvalue weighted by molar-refractivity contribution is 7.93. The highest BCUT2D eigenvalue weighted by atomic mass is 32.2. The summed E-state index contributed by atoms with van der Waals surface area (Å²) in [4.78, 5) is 0. The Kier molecular flexibility index (Phi) is 3.86.